The fraction of sp³-hybridized carbons (Fsp3) is 0.286. The first kappa shape index (κ1) is 14.1. The van der Waals surface area contributed by atoms with Gasteiger partial charge in [-0.25, -0.2) is 0 Å². The SMILES string of the molecule is COc1cccc(CC(Br)c2cc(C)c(Br)s2)c1. The van der Waals surface area contributed by atoms with E-state index in [1.165, 1.54) is 19.8 Å². The zero-order valence-electron chi connectivity index (χ0n) is 10.2. The molecule has 0 N–H and O–H groups in total. The van der Waals surface area contributed by atoms with E-state index in [4.69, 9.17) is 4.74 Å². The Morgan fingerprint density at radius 1 is 1.33 bits per heavy atom. The Balaban J connectivity index is 2.13. The van der Waals surface area contributed by atoms with Crippen LogP contribution < -0.4 is 4.74 Å². The van der Waals surface area contributed by atoms with Gasteiger partial charge in [0, 0.05) is 4.88 Å². The Morgan fingerprint density at radius 2 is 2.11 bits per heavy atom. The minimum Gasteiger partial charge on any atom is -0.497 e. The second-order valence-electron chi connectivity index (χ2n) is 4.13. The number of ether oxygens (including phenoxy) is 1. The van der Waals surface area contributed by atoms with E-state index in [-0.39, 0.29) is 0 Å². The largest absolute Gasteiger partial charge is 0.497 e. The summed E-state index contributed by atoms with van der Waals surface area (Å²) < 4.78 is 6.46. The zero-order chi connectivity index (χ0) is 13.1. The molecule has 0 radical (unpaired) electrons. The van der Waals surface area contributed by atoms with Gasteiger partial charge in [0.25, 0.3) is 0 Å². The summed E-state index contributed by atoms with van der Waals surface area (Å²) in [4.78, 5) is 1.70. The lowest BCUT2D eigenvalue weighted by Gasteiger charge is -2.09. The van der Waals surface area contributed by atoms with Crippen LogP contribution in [0.1, 0.15) is 20.8 Å². The molecule has 0 saturated heterocycles. The Hall–Kier alpha value is -0.320. The number of halogens is 2. The van der Waals surface area contributed by atoms with Crippen molar-refractivity contribution in [2.24, 2.45) is 0 Å². The van der Waals surface area contributed by atoms with Crippen LogP contribution in [0.5, 0.6) is 5.75 Å². The summed E-state index contributed by atoms with van der Waals surface area (Å²) in [5, 5.41) is 0. The van der Waals surface area contributed by atoms with Gasteiger partial charge >= 0.3 is 0 Å². The maximum atomic E-state index is 5.25. The van der Waals surface area contributed by atoms with E-state index >= 15 is 0 Å². The van der Waals surface area contributed by atoms with Gasteiger partial charge in [0.15, 0.2) is 0 Å². The van der Waals surface area contributed by atoms with Crippen LogP contribution in [-0.4, -0.2) is 7.11 Å². The molecule has 0 fully saturated rings. The average molecular weight is 390 g/mol. The molecule has 1 heterocycles. The molecule has 1 atom stereocenters. The maximum absolute atomic E-state index is 5.25. The molecule has 1 unspecified atom stereocenters. The van der Waals surface area contributed by atoms with Crippen molar-refractivity contribution >= 4 is 43.2 Å². The Bertz CT molecular complexity index is 517. The molecular formula is C14H14Br2OS. The van der Waals surface area contributed by atoms with Crippen molar-refractivity contribution in [1.82, 2.24) is 0 Å². The first-order valence-corrected chi connectivity index (χ1v) is 8.15. The second kappa shape index (κ2) is 6.22. The van der Waals surface area contributed by atoms with Gasteiger partial charge in [-0.3, -0.25) is 0 Å². The van der Waals surface area contributed by atoms with Gasteiger partial charge in [-0.05, 0) is 58.6 Å². The standard InChI is InChI=1S/C14H14Br2OS/c1-9-6-13(18-14(9)16)12(15)8-10-4-3-5-11(7-10)17-2/h3-7,12H,8H2,1-2H3. The fourth-order valence-electron chi connectivity index (χ4n) is 1.74. The van der Waals surface area contributed by atoms with Crippen molar-refractivity contribution in [1.29, 1.82) is 0 Å². The van der Waals surface area contributed by atoms with Crippen LogP contribution in [0, 0.1) is 6.92 Å². The van der Waals surface area contributed by atoms with Gasteiger partial charge in [0.1, 0.15) is 5.75 Å². The lowest BCUT2D eigenvalue weighted by molar-refractivity contribution is 0.414. The van der Waals surface area contributed by atoms with Crippen LogP contribution in [0.2, 0.25) is 0 Å². The monoisotopic (exact) mass is 388 g/mol. The summed E-state index contributed by atoms with van der Waals surface area (Å²) in [5.74, 6) is 0.913. The molecule has 96 valence electrons. The number of benzene rings is 1. The van der Waals surface area contributed by atoms with E-state index in [0.29, 0.717) is 4.83 Å². The predicted molar refractivity (Wildman–Crippen MR) is 85.1 cm³/mol. The molecule has 18 heavy (non-hydrogen) atoms. The average Bonchev–Trinajstić information content (AvgIpc) is 2.70. The molecule has 0 saturated carbocycles. The van der Waals surface area contributed by atoms with Crippen molar-refractivity contribution in [2.75, 3.05) is 7.11 Å². The second-order valence-corrected chi connectivity index (χ2v) is 7.64. The fourth-order valence-corrected chi connectivity index (χ4v) is 4.08. The number of alkyl halides is 1. The van der Waals surface area contributed by atoms with Crippen LogP contribution in [-0.2, 0) is 6.42 Å². The van der Waals surface area contributed by atoms with E-state index in [9.17, 15) is 0 Å². The molecule has 1 aromatic carbocycles. The Labute approximate surface area is 128 Å². The van der Waals surface area contributed by atoms with E-state index in [1.807, 2.05) is 12.1 Å². The molecule has 0 aliphatic rings. The summed E-state index contributed by atoms with van der Waals surface area (Å²) in [6.07, 6.45) is 0.962. The van der Waals surface area contributed by atoms with Crippen LogP contribution in [0.15, 0.2) is 34.1 Å². The highest BCUT2D eigenvalue weighted by Gasteiger charge is 2.13. The highest BCUT2D eigenvalue weighted by molar-refractivity contribution is 9.11. The van der Waals surface area contributed by atoms with E-state index in [0.717, 1.165) is 12.2 Å². The number of thiophene rings is 1. The summed E-state index contributed by atoms with van der Waals surface area (Å²) in [7, 11) is 1.70. The third kappa shape index (κ3) is 3.37. The molecule has 2 aromatic rings. The van der Waals surface area contributed by atoms with Crippen molar-refractivity contribution in [3.05, 3.63) is 50.1 Å². The minimum atomic E-state index is 0.347. The van der Waals surface area contributed by atoms with Gasteiger partial charge in [-0.15, -0.1) is 11.3 Å². The van der Waals surface area contributed by atoms with Crippen LogP contribution >= 0.6 is 43.2 Å². The molecular weight excluding hydrogens is 376 g/mol. The van der Waals surface area contributed by atoms with Gasteiger partial charge in [-0.2, -0.15) is 0 Å². The lowest BCUT2D eigenvalue weighted by Crippen LogP contribution is -1.93. The first-order valence-electron chi connectivity index (χ1n) is 5.63. The topological polar surface area (TPSA) is 9.23 Å². The van der Waals surface area contributed by atoms with Gasteiger partial charge < -0.3 is 4.74 Å². The number of methoxy groups -OCH3 is 1. The summed E-state index contributed by atoms with van der Waals surface area (Å²) in [6.45, 7) is 2.12. The van der Waals surface area contributed by atoms with Crippen molar-refractivity contribution in [3.63, 3.8) is 0 Å². The van der Waals surface area contributed by atoms with Crippen molar-refractivity contribution in [2.45, 2.75) is 18.2 Å². The summed E-state index contributed by atoms with van der Waals surface area (Å²) in [5.41, 5.74) is 2.57. The first-order chi connectivity index (χ1) is 8.60. The van der Waals surface area contributed by atoms with Gasteiger partial charge in [0.05, 0.1) is 15.7 Å². The highest BCUT2D eigenvalue weighted by atomic mass is 79.9. The lowest BCUT2D eigenvalue weighted by atomic mass is 10.1. The van der Waals surface area contributed by atoms with Crippen molar-refractivity contribution < 1.29 is 4.74 Å². The normalized spacial score (nSPS) is 12.4. The van der Waals surface area contributed by atoms with Gasteiger partial charge in [0.2, 0.25) is 0 Å². The van der Waals surface area contributed by atoms with E-state index < -0.39 is 0 Å². The molecule has 0 bridgehead atoms. The predicted octanol–water partition coefficient (Wildman–Crippen LogP) is 5.51. The molecule has 0 amide bonds. The van der Waals surface area contributed by atoms with Gasteiger partial charge in [-0.1, -0.05) is 28.1 Å². The van der Waals surface area contributed by atoms with Crippen LogP contribution in [0.3, 0.4) is 0 Å². The molecule has 2 rings (SSSR count). The molecule has 4 heteroatoms. The zero-order valence-corrected chi connectivity index (χ0v) is 14.2. The smallest absolute Gasteiger partial charge is 0.119 e. The third-order valence-corrected chi connectivity index (χ3v) is 6.10. The molecule has 1 aromatic heterocycles. The number of rotatable bonds is 4. The third-order valence-electron chi connectivity index (χ3n) is 2.73. The molecule has 0 aliphatic carbocycles. The van der Waals surface area contributed by atoms with E-state index in [1.54, 1.807) is 18.4 Å². The summed E-state index contributed by atoms with van der Waals surface area (Å²) in [6, 6.07) is 10.5. The number of hydrogen-bond donors (Lipinski definition) is 0. The Morgan fingerprint density at radius 3 is 2.72 bits per heavy atom. The minimum absolute atomic E-state index is 0.347. The number of aryl methyl sites for hydroxylation is 1. The molecule has 0 spiro atoms. The van der Waals surface area contributed by atoms with Crippen LogP contribution in [0.4, 0.5) is 0 Å². The maximum Gasteiger partial charge on any atom is 0.119 e. The van der Waals surface area contributed by atoms with E-state index in [2.05, 4.69) is 57.0 Å². The quantitative estimate of drug-likeness (QED) is 0.626. The Kier molecular flexibility index (Phi) is 4.87. The summed E-state index contributed by atoms with van der Waals surface area (Å²) >= 11 is 9.13. The highest BCUT2D eigenvalue weighted by Crippen LogP contribution is 2.37. The van der Waals surface area contributed by atoms with Crippen molar-refractivity contribution in [3.8, 4) is 5.75 Å². The molecule has 0 aliphatic heterocycles. The van der Waals surface area contributed by atoms with Crippen LogP contribution in [0.25, 0.3) is 0 Å². The number of hydrogen-bond acceptors (Lipinski definition) is 2. The molecule has 1 nitrogen and oxygen atoms in total.